The van der Waals surface area contributed by atoms with Crippen molar-refractivity contribution >= 4 is 37.5 Å². The lowest BCUT2D eigenvalue weighted by molar-refractivity contribution is -0.384. The maximum absolute atomic E-state index is 10.5. The largest absolute Gasteiger partial charge is 0.270 e. The first-order valence-corrected chi connectivity index (χ1v) is 5.78. The molecule has 3 nitrogen and oxygen atoms in total. The van der Waals surface area contributed by atoms with E-state index in [1.807, 2.05) is 6.92 Å². The van der Waals surface area contributed by atoms with Crippen LogP contribution in [0.15, 0.2) is 22.7 Å². The monoisotopic (exact) mass is 321 g/mol. The van der Waals surface area contributed by atoms with Gasteiger partial charge in [-0.05, 0) is 12.0 Å². The second kappa shape index (κ2) is 4.89. The molecule has 1 aromatic carbocycles. The number of non-ortho nitro benzene ring substituents is 1. The van der Waals surface area contributed by atoms with Gasteiger partial charge in [0.15, 0.2) is 0 Å². The molecule has 0 saturated carbocycles. The van der Waals surface area contributed by atoms with E-state index < -0.39 is 4.92 Å². The van der Waals surface area contributed by atoms with Gasteiger partial charge in [-0.15, -0.1) is 0 Å². The molecule has 0 saturated heterocycles. The molecule has 0 radical (unpaired) electrons. The summed E-state index contributed by atoms with van der Waals surface area (Å²) in [4.78, 5) is 10.4. The van der Waals surface area contributed by atoms with Gasteiger partial charge in [0.2, 0.25) is 0 Å². The molecule has 1 unspecified atom stereocenters. The number of hydrogen-bond acceptors (Lipinski definition) is 2. The van der Waals surface area contributed by atoms with Crippen molar-refractivity contribution in [3.63, 3.8) is 0 Å². The highest BCUT2D eigenvalue weighted by Gasteiger charge is 2.09. The van der Waals surface area contributed by atoms with Gasteiger partial charge in [0.25, 0.3) is 5.69 Å². The Hall–Kier alpha value is -0.420. The molecule has 0 fully saturated rings. The molecule has 0 aliphatic heterocycles. The van der Waals surface area contributed by atoms with Crippen LogP contribution in [-0.2, 0) is 6.42 Å². The molecule has 0 N–H and O–H groups in total. The molecule has 5 heteroatoms. The van der Waals surface area contributed by atoms with Gasteiger partial charge in [0.05, 0.1) is 4.92 Å². The van der Waals surface area contributed by atoms with Crippen LogP contribution in [0.4, 0.5) is 5.69 Å². The number of hydrogen-bond donors (Lipinski definition) is 0. The third-order valence-corrected chi connectivity index (χ3v) is 2.81. The summed E-state index contributed by atoms with van der Waals surface area (Å²) in [6, 6.07) is 4.83. The van der Waals surface area contributed by atoms with Gasteiger partial charge in [-0.3, -0.25) is 10.1 Å². The topological polar surface area (TPSA) is 43.1 Å². The summed E-state index contributed by atoms with van der Waals surface area (Å²) in [5.74, 6) is 0. The maximum Gasteiger partial charge on any atom is 0.270 e. The highest BCUT2D eigenvalue weighted by molar-refractivity contribution is 9.10. The first-order chi connectivity index (χ1) is 6.50. The molecule has 1 aromatic rings. The Morgan fingerprint density at radius 2 is 2.21 bits per heavy atom. The van der Waals surface area contributed by atoms with Crippen LogP contribution in [0.2, 0.25) is 0 Å². The van der Waals surface area contributed by atoms with Crippen molar-refractivity contribution in [2.45, 2.75) is 18.2 Å². The molecule has 0 spiro atoms. The number of halogens is 2. The predicted octanol–water partition coefficient (Wildman–Crippen LogP) is 3.68. The summed E-state index contributed by atoms with van der Waals surface area (Å²) in [5.41, 5.74) is 1.18. The van der Waals surface area contributed by atoms with Crippen LogP contribution in [0.25, 0.3) is 0 Å². The van der Waals surface area contributed by atoms with E-state index in [9.17, 15) is 10.1 Å². The van der Waals surface area contributed by atoms with Crippen molar-refractivity contribution < 1.29 is 4.92 Å². The second-order valence-electron chi connectivity index (χ2n) is 3.02. The first-order valence-electron chi connectivity index (χ1n) is 4.07. The van der Waals surface area contributed by atoms with Gasteiger partial charge in [-0.2, -0.15) is 0 Å². The van der Waals surface area contributed by atoms with Crippen LogP contribution in [0, 0.1) is 10.1 Å². The van der Waals surface area contributed by atoms with Crippen LogP contribution in [0.1, 0.15) is 12.5 Å². The van der Waals surface area contributed by atoms with Gasteiger partial charge < -0.3 is 0 Å². The maximum atomic E-state index is 10.5. The van der Waals surface area contributed by atoms with E-state index in [0.29, 0.717) is 4.83 Å². The van der Waals surface area contributed by atoms with E-state index in [-0.39, 0.29) is 5.69 Å². The van der Waals surface area contributed by atoms with E-state index in [1.54, 1.807) is 6.07 Å². The molecular formula is C9H9Br2NO2. The second-order valence-corrected chi connectivity index (χ2v) is 5.44. The molecule has 0 amide bonds. The van der Waals surface area contributed by atoms with E-state index in [0.717, 1.165) is 16.5 Å². The Balaban J connectivity index is 2.95. The van der Waals surface area contributed by atoms with E-state index in [2.05, 4.69) is 31.9 Å². The Labute approximate surface area is 98.9 Å². The minimum absolute atomic E-state index is 0.114. The molecule has 14 heavy (non-hydrogen) atoms. The summed E-state index contributed by atoms with van der Waals surface area (Å²) in [7, 11) is 0. The molecule has 0 heterocycles. The molecule has 0 bridgehead atoms. The van der Waals surface area contributed by atoms with Crippen molar-refractivity contribution in [1.82, 2.24) is 0 Å². The van der Waals surface area contributed by atoms with Crippen LogP contribution in [0.5, 0.6) is 0 Å². The average molecular weight is 323 g/mol. The van der Waals surface area contributed by atoms with Crippen molar-refractivity contribution in [3.8, 4) is 0 Å². The molecule has 0 aromatic heterocycles. The van der Waals surface area contributed by atoms with Crippen LogP contribution in [-0.4, -0.2) is 9.75 Å². The summed E-state index contributed by atoms with van der Waals surface area (Å²) >= 11 is 6.76. The van der Waals surface area contributed by atoms with E-state index >= 15 is 0 Å². The van der Waals surface area contributed by atoms with Crippen molar-refractivity contribution in [2.75, 3.05) is 0 Å². The van der Waals surface area contributed by atoms with Crippen LogP contribution >= 0.6 is 31.9 Å². The van der Waals surface area contributed by atoms with Gasteiger partial charge >= 0.3 is 0 Å². The normalized spacial score (nSPS) is 12.5. The fraction of sp³-hybridized carbons (Fsp3) is 0.333. The van der Waals surface area contributed by atoms with Gasteiger partial charge in [-0.1, -0.05) is 44.8 Å². The van der Waals surface area contributed by atoms with Gasteiger partial charge in [0, 0.05) is 21.4 Å². The fourth-order valence-corrected chi connectivity index (χ4v) is 2.00. The highest BCUT2D eigenvalue weighted by atomic mass is 79.9. The lowest BCUT2D eigenvalue weighted by Crippen LogP contribution is -1.98. The quantitative estimate of drug-likeness (QED) is 0.484. The number of alkyl halides is 1. The lowest BCUT2D eigenvalue weighted by atomic mass is 10.1. The Bertz CT molecular complexity index is 353. The molecule has 1 rings (SSSR count). The Morgan fingerprint density at radius 3 is 2.64 bits per heavy atom. The van der Waals surface area contributed by atoms with Crippen molar-refractivity contribution in [1.29, 1.82) is 0 Å². The van der Waals surface area contributed by atoms with Gasteiger partial charge in [-0.25, -0.2) is 0 Å². The molecule has 1 atom stereocenters. The molecule has 0 aliphatic rings. The minimum atomic E-state index is -0.397. The van der Waals surface area contributed by atoms with Crippen LogP contribution < -0.4 is 0 Å². The third-order valence-electron chi connectivity index (χ3n) is 1.75. The van der Waals surface area contributed by atoms with Crippen molar-refractivity contribution in [2.24, 2.45) is 0 Å². The summed E-state index contributed by atoms with van der Waals surface area (Å²) < 4.78 is 0.790. The lowest BCUT2D eigenvalue weighted by Gasteiger charge is -2.05. The summed E-state index contributed by atoms with van der Waals surface area (Å²) in [6.45, 7) is 2.04. The van der Waals surface area contributed by atoms with Crippen LogP contribution in [0.3, 0.4) is 0 Å². The standard InChI is InChI=1S/C9H9Br2NO2/c1-6(10)4-7-2-3-8(12(13)14)5-9(7)11/h2-3,5-6H,4H2,1H3. The van der Waals surface area contributed by atoms with E-state index in [1.165, 1.54) is 12.1 Å². The minimum Gasteiger partial charge on any atom is -0.258 e. The summed E-state index contributed by atoms with van der Waals surface area (Å²) in [6.07, 6.45) is 0.846. The molecule has 76 valence electrons. The zero-order valence-electron chi connectivity index (χ0n) is 7.54. The molecular weight excluding hydrogens is 314 g/mol. The number of nitro groups is 1. The Morgan fingerprint density at radius 1 is 1.57 bits per heavy atom. The Kier molecular flexibility index (Phi) is 4.07. The average Bonchev–Trinajstić information content (AvgIpc) is 2.07. The highest BCUT2D eigenvalue weighted by Crippen LogP contribution is 2.24. The molecule has 0 aliphatic carbocycles. The number of nitrogens with zero attached hydrogens (tertiary/aromatic N) is 1. The third kappa shape index (κ3) is 3.06. The number of nitro benzene ring substituents is 1. The number of benzene rings is 1. The SMILES string of the molecule is CC(Br)Cc1ccc([N+](=O)[O-])cc1Br. The van der Waals surface area contributed by atoms with Gasteiger partial charge in [0.1, 0.15) is 0 Å². The fourth-order valence-electron chi connectivity index (χ4n) is 1.12. The van der Waals surface area contributed by atoms with E-state index in [4.69, 9.17) is 0 Å². The zero-order valence-corrected chi connectivity index (χ0v) is 10.7. The summed E-state index contributed by atoms with van der Waals surface area (Å²) in [5, 5.41) is 10.5. The predicted molar refractivity (Wildman–Crippen MR) is 62.9 cm³/mol. The number of rotatable bonds is 3. The zero-order chi connectivity index (χ0) is 10.7. The first kappa shape index (κ1) is 11.7. The van der Waals surface area contributed by atoms with Crippen molar-refractivity contribution in [3.05, 3.63) is 38.3 Å². The smallest absolute Gasteiger partial charge is 0.258 e.